The molecule has 0 aliphatic heterocycles. The zero-order valence-corrected chi connectivity index (χ0v) is 17.4. The number of nitrogens with zero attached hydrogens (tertiary/aromatic N) is 1. The minimum absolute atomic E-state index is 0. The third-order valence-electron chi connectivity index (χ3n) is 3.66. The number of ether oxygens (including phenoxy) is 1. The van der Waals surface area contributed by atoms with Gasteiger partial charge in [-0.1, -0.05) is 12.1 Å². The summed E-state index contributed by atoms with van der Waals surface area (Å²) in [7, 11) is 1.80. The van der Waals surface area contributed by atoms with Crippen LogP contribution in [-0.4, -0.2) is 38.2 Å². The molecule has 0 amide bonds. The molecule has 130 valence electrons. The number of hydrogen-bond acceptors (Lipinski definition) is 3. The van der Waals surface area contributed by atoms with E-state index in [4.69, 9.17) is 4.74 Å². The van der Waals surface area contributed by atoms with E-state index in [0.717, 1.165) is 43.1 Å². The van der Waals surface area contributed by atoms with Gasteiger partial charge in [0.05, 0.1) is 6.61 Å². The van der Waals surface area contributed by atoms with E-state index in [1.54, 1.807) is 7.05 Å². The maximum atomic E-state index is 6.00. The van der Waals surface area contributed by atoms with Gasteiger partial charge in [-0.3, -0.25) is 4.99 Å². The molecule has 0 saturated heterocycles. The summed E-state index contributed by atoms with van der Waals surface area (Å²) in [5, 5.41) is 6.67. The van der Waals surface area contributed by atoms with Gasteiger partial charge in [-0.2, -0.15) is 11.8 Å². The standard InChI is InChI=1S/C17H27N3OS.HI/c1-13-4-7-15(16(10-13)21-12-14-5-6-14)11-20-17(18-2)19-8-9-22-3;/h4,7,10,14H,5-6,8-9,11-12H2,1-3H3,(H2,18,19,20);1H. The molecular formula is C17H28IN3OS. The second-order valence-corrected chi connectivity index (χ2v) is 6.70. The van der Waals surface area contributed by atoms with Crippen molar-refractivity contribution in [1.82, 2.24) is 10.6 Å². The molecule has 1 aliphatic rings. The number of halogens is 1. The van der Waals surface area contributed by atoms with Crippen LogP contribution in [0, 0.1) is 12.8 Å². The van der Waals surface area contributed by atoms with E-state index in [-0.39, 0.29) is 24.0 Å². The Hall–Kier alpha value is -0.630. The first-order valence-electron chi connectivity index (χ1n) is 7.88. The maximum Gasteiger partial charge on any atom is 0.191 e. The fourth-order valence-corrected chi connectivity index (χ4v) is 2.41. The van der Waals surface area contributed by atoms with Gasteiger partial charge in [0.2, 0.25) is 0 Å². The third kappa shape index (κ3) is 7.65. The lowest BCUT2D eigenvalue weighted by Crippen LogP contribution is -2.38. The fraction of sp³-hybridized carbons (Fsp3) is 0.588. The molecule has 0 unspecified atom stereocenters. The molecule has 6 heteroatoms. The van der Waals surface area contributed by atoms with Crippen LogP contribution in [0.25, 0.3) is 0 Å². The first-order chi connectivity index (χ1) is 10.7. The van der Waals surface area contributed by atoms with Crippen molar-refractivity contribution >= 4 is 41.7 Å². The van der Waals surface area contributed by atoms with Gasteiger partial charge in [0, 0.05) is 31.5 Å². The molecule has 1 aromatic rings. The summed E-state index contributed by atoms with van der Waals surface area (Å²) in [5.74, 6) is 3.67. The Morgan fingerprint density at radius 3 is 2.78 bits per heavy atom. The lowest BCUT2D eigenvalue weighted by molar-refractivity contribution is 0.296. The molecule has 23 heavy (non-hydrogen) atoms. The monoisotopic (exact) mass is 449 g/mol. The topological polar surface area (TPSA) is 45.7 Å². The second-order valence-electron chi connectivity index (χ2n) is 5.71. The number of aryl methyl sites for hydroxylation is 1. The third-order valence-corrected chi connectivity index (χ3v) is 4.28. The van der Waals surface area contributed by atoms with E-state index >= 15 is 0 Å². The van der Waals surface area contributed by atoms with Crippen LogP contribution >= 0.6 is 35.7 Å². The Labute approximate surface area is 161 Å². The molecule has 1 aromatic carbocycles. The molecule has 2 N–H and O–H groups in total. The summed E-state index contributed by atoms with van der Waals surface area (Å²) in [5.41, 5.74) is 2.41. The minimum atomic E-state index is 0. The maximum absolute atomic E-state index is 6.00. The SMILES string of the molecule is CN=C(NCCSC)NCc1ccc(C)cc1OCC1CC1.I. The zero-order valence-electron chi connectivity index (χ0n) is 14.2. The van der Waals surface area contributed by atoms with Crippen molar-refractivity contribution in [3.63, 3.8) is 0 Å². The van der Waals surface area contributed by atoms with Crippen molar-refractivity contribution < 1.29 is 4.74 Å². The van der Waals surface area contributed by atoms with Crippen molar-refractivity contribution in [2.24, 2.45) is 10.9 Å². The molecule has 4 nitrogen and oxygen atoms in total. The molecule has 1 aliphatic carbocycles. The summed E-state index contributed by atoms with van der Waals surface area (Å²) in [6, 6.07) is 6.40. The fourth-order valence-electron chi connectivity index (χ4n) is 2.11. The molecule has 0 bridgehead atoms. The van der Waals surface area contributed by atoms with Gasteiger partial charge >= 0.3 is 0 Å². The van der Waals surface area contributed by atoms with Gasteiger partial charge < -0.3 is 15.4 Å². The average molecular weight is 449 g/mol. The Balaban J connectivity index is 0.00000264. The van der Waals surface area contributed by atoms with Crippen molar-refractivity contribution in [2.75, 3.05) is 32.2 Å². The highest BCUT2D eigenvalue weighted by Crippen LogP contribution is 2.30. The van der Waals surface area contributed by atoms with Crippen LogP contribution in [0.15, 0.2) is 23.2 Å². The molecule has 1 saturated carbocycles. The van der Waals surface area contributed by atoms with Crippen LogP contribution in [0.4, 0.5) is 0 Å². The Morgan fingerprint density at radius 2 is 2.13 bits per heavy atom. The zero-order chi connectivity index (χ0) is 15.8. The van der Waals surface area contributed by atoms with Crippen LogP contribution in [0.2, 0.25) is 0 Å². The number of nitrogens with one attached hydrogen (secondary N) is 2. The lowest BCUT2D eigenvalue weighted by atomic mass is 10.1. The van der Waals surface area contributed by atoms with E-state index in [2.05, 4.69) is 47.0 Å². The van der Waals surface area contributed by atoms with Gasteiger partial charge in [0.1, 0.15) is 5.75 Å². The summed E-state index contributed by atoms with van der Waals surface area (Å²) in [6.45, 7) is 4.58. The van der Waals surface area contributed by atoms with Gasteiger partial charge in [0.25, 0.3) is 0 Å². The Kier molecular flexibility index (Phi) is 9.78. The smallest absolute Gasteiger partial charge is 0.191 e. The van der Waals surface area contributed by atoms with Gasteiger partial charge in [0.15, 0.2) is 5.96 Å². The lowest BCUT2D eigenvalue weighted by Gasteiger charge is -2.15. The molecule has 0 heterocycles. The molecule has 0 radical (unpaired) electrons. The van der Waals surface area contributed by atoms with E-state index < -0.39 is 0 Å². The van der Waals surface area contributed by atoms with Crippen molar-refractivity contribution in [3.8, 4) is 5.75 Å². The summed E-state index contributed by atoms with van der Waals surface area (Å²) >= 11 is 1.82. The summed E-state index contributed by atoms with van der Waals surface area (Å²) in [6.07, 6.45) is 4.73. The van der Waals surface area contributed by atoms with Crippen molar-refractivity contribution in [3.05, 3.63) is 29.3 Å². The highest BCUT2D eigenvalue weighted by atomic mass is 127. The second kappa shape index (κ2) is 11.0. The number of thioether (sulfide) groups is 1. The summed E-state index contributed by atoms with van der Waals surface area (Å²) < 4.78 is 6.00. The number of hydrogen-bond donors (Lipinski definition) is 2. The number of guanidine groups is 1. The van der Waals surface area contributed by atoms with E-state index in [1.807, 2.05) is 11.8 Å². The number of rotatable bonds is 8. The molecule has 0 spiro atoms. The normalized spacial score (nSPS) is 14.1. The van der Waals surface area contributed by atoms with Crippen LogP contribution in [-0.2, 0) is 6.54 Å². The van der Waals surface area contributed by atoms with E-state index in [0.29, 0.717) is 0 Å². The van der Waals surface area contributed by atoms with Gasteiger partial charge in [-0.25, -0.2) is 0 Å². The molecule has 2 rings (SSSR count). The number of benzene rings is 1. The molecule has 1 fully saturated rings. The van der Waals surface area contributed by atoms with Crippen LogP contribution < -0.4 is 15.4 Å². The highest BCUT2D eigenvalue weighted by molar-refractivity contribution is 14.0. The predicted octanol–water partition coefficient (Wildman–Crippen LogP) is 3.43. The first kappa shape index (κ1) is 20.4. The van der Waals surface area contributed by atoms with Crippen LogP contribution in [0.1, 0.15) is 24.0 Å². The van der Waals surface area contributed by atoms with Gasteiger partial charge in [-0.05, 0) is 43.6 Å². The van der Waals surface area contributed by atoms with Gasteiger partial charge in [-0.15, -0.1) is 24.0 Å². The van der Waals surface area contributed by atoms with Crippen LogP contribution in [0.5, 0.6) is 5.75 Å². The largest absolute Gasteiger partial charge is 0.493 e. The van der Waals surface area contributed by atoms with E-state index in [1.165, 1.54) is 24.0 Å². The highest BCUT2D eigenvalue weighted by Gasteiger charge is 2.22. The predicted molar refractivity (Wildman–Crippen MR) is 111 cm³/mol. The van der Waals surface area contributed by atoms with Crippen molar-refractivity contribution in [2.45, 2.75) is 26.3 Å². The quantitative estimate of drug-likeness (QED) is 0.276. The Morgan fingerprint density at radius 1 is 1.35 bits per heavy atom. The Bertz CT molecular complexity index is 507. The van der Waals surface area contributed by atoms with Crippen molar-refractivity contribution in [1.29, 1.82) is 0 Å². The minimum Gasteiger partial charge on any atom is -0.493 e. The van der Waals surface area contributed by atoms with E-state index in [9.17, 15) is 0 Å². The van der Waals surface area contributed by atoms with Crippen LogP contribution in [0.3, 0.4) is 0 Å². The number of aliphatic imine (C=N–C) groups is 1. The average Bonchev–Trinajstić information content (AvgIpc) is 3.34. The molecular weight excluding hydrogens is 421 g/mol. The molecule has 0 aromatic heterocycles. The first-order valence-corrected chi connectivity index (χ1v) is 9.28. The summed E-state index contributed by atoms with van der Waals surface area (Å²) in [4.78, 5) is 4.25. The molecule has 0 atom stereocenters.